The van der Waals surface area contributed by atoms with Gasteiger partial charge in [-0.1, -0.05) is 13.0 Å². The summed E-state index contributed by atoms with van der Waals surface area (Å²) >= 11 is 0. The van der Waals surface area contributed by atoms with E-state index in [1.54, 1.807) is 31.2 Å². The predicted molar refractivity (Wildman–Crippen MR) is 98.6 cm³/mol. The summed E-state index contributed by atoms with van der Waals surface area (Å²) in [6.07, 6.45) is 2.37. The van der Waals surface area contributed by atoms with E-state index in [4.69, 9.17) is 4.74 Å². The van der Waals surface area contributed by atoms with Crippen LogP contribution >= 0.6 is 0 Å². The van der Waals surface area contributed by atoms with E-state index in [9.17, 15) is 13.5 Å². The summed E-state index contributed by atoms with van der Waals surface area (Å²) < 4.78 is 31.8. The summed E-state index contributed by atoms with van der Waals surface area (Å²) in [7, 11) is -2.18. The third kappa shape index (κ3) is 4.80. The lowest BCUT2D eigenvalue weighted by atomic mass is 10.2. The van der Waals surface area contributed by atoms with Crippen molar-refractivity contribution in [3.63, 3.8) is 0 Å². The van der Waals surface area contributed by atoms with Crippen LogP contribution in [-0.4, -0.2) is 33.4 Å². The Hall–Kier alpha value is -2.38. The van der Waals surface area contributed by atoms with E-state index in [-0.39, 0.29) is 10.6 Å². The zero-order valence-corrected chi connectivity index (χ0v) is 15.3. The van der Waals surface area contributed by atoms with Crippen LogP contribution in [-0.2, 0) is 10.0 Å². The van der Waals surface area contributed by atoms with E-state index in [0.29, 0.717) is 29.2 Å². The standard InChI is InChI=1S/C18H22N2O4S/c1-4-9-24-16-8-6-14(17(21)11-16)12-20-15-7-5-13(2)18(10-15)25(22,23)19-3/h5-8,10-12,19,21H,4,9H2,1-3H3. The number of hydrogen-bond donors (Lipinski definition) is 2. The van der Waals surface area contributed by atoms with Gasteiger partial charge < -0.3 is 9.84 Å². The number of nitrogens with zero attached hydrogens (tertiary/aromatic N) is 1. The summed E-state index contributed by atoms with van der Waals surface area (Å²) in [4.78, 5) is 4.44. The Morgan fingerprint density at radius 2 is 2.00 bits per heavy atom. The molecule has 0 bridgehead atoms. The van der Waals surface area contributed by atoms with Crippen LogP contribution in [0, 0.1) is 6.92 Å². The van der Waals surface area contributed by atoms with Gasteiger partial charge in [0, 0.05) is 17.8 Å². The maximum Gasteiger partial charge on any atom is 0.240 e. The number of nitrogens with one attached hydrogen (secondary N) is 1. The number of phenolic OH excluding ortho intramolecular Hbond substituents is 1. The van der Waals surface area contributed by atoms with Crippen molar-refractivity contribution in [1.29, 1.82) is 0 Å². The summed E-state index contributed by atoms with van der Waals surface area (Å²) in [5.74, 6) is 0.641. The van der Waals surface area contributed by atoms with Gasteiger partial charge >= 0.3 is 0 Å². The molecule has 2 rings (SSSR count). The molecule has 0 aliphatic heterocycles. The predicted octanol–water partition coefficient (Wildman–Crippen LogP) is 3.15. The molecule has 0 aliphatic carbocycles. The number of benzene rings is 2. The second-order valence-electron chi connectivity index (χ2n) is 5.48. The molecule has 0 aromatic heterocycles. The molecule has 7 heteroatoms. The molecular formula is C18H22N2O4S. The lowest BCUT2D eigenvalue weighted by Crippen LogP contribution is -2.19. The van der Waals surface area contributed by atoms with Gasteiger partial charge in [-0.2, -0.15) is 0 Å². The topological polar surface area (TPSA) is 88.0 Å². The molecular weight excluding hydrogens is 340 g/mol. The highest BCUT2D eigenvalue weighted by atomic mass is 32.2. The fraction of sp³-hybridized carbons (Fsp3) is 0.278. The fourth-order valence-corrected chi connectivity index (χ4v) is 3.14. The minimum absolute atomic E-state index is 0.0486. The van der Waals surface area contributed by atoms with Crippen molar-refractivity contribution in [2.45, 2.75) is 25.2 Å². The first-order valence-electron chi connectivity index (χ1n) is 7.91. The van der Waals surface area contributed by atoms with Gasteiger partial charge in [0.2, 0.25) is 10.0 Å². The summed E-state index contributed by atoms with van der Waals surface area (Å²) in [5, 5.41) is 10.1. The van der Waals surface area contributed by atoms with Gasteiger partial charge in [-0.05, 0) is 50.2 Å². The molecule has 25 heavy (non-hydrogen) atoms. The monoisotopic (exact) mass is 362 g/mol. The first-order valence-corrected chi connectivity index (χ1v) is 9.39. The minimum Gasteiger partial charge on any atom is -0.507 e. The van der Waals surface area contributed by atoms with Crippen molar-refractivity contribution in [2.75, 3.05) is 13.7 Å². The molecule has 0 radical (unpaired) electrons. The van der Waals surface area contributed by atoms with Crippen molar-refractivity contribution in [3.8, 4) is 11.5 Å². The van der Waals surface area contributed by atoms with E-state index < -0.39 is 10.0 Å². The number of rotatable bonds is 7. The fourth-order valence-electron chi connectivity index (χ4n) is 2.15. The number of aliphatic imine (C=N–C) groups is 1. The number of hydrogen-bond acceptors (Lipinski definition) is 5. The Kier molecular flexibility index (Phi) is 6.17. The van der Waals surface area contributed by atoms with Gasteiger partial charge in [0.05, 0.1) is 17.2 Å². The molecule has 0 unspecified atom stereocenters. The molecule has 0 fully saturated rings. The number of phenols is 1. The van der Waals surface area contributed by atoms with Gasteiger partial charge in [0.15, 0.2) is 0 Å². The molecule has 2 N–H and O–H groups in total. The van der Waals surface area contributed by atoms with E-state index >= 15 is 0 Å². The molecule has 0 aliphatic rings. The maximum absolute atomic E-state index is 12.0. The summed E-state index contributed by atoms with van der Waals surface area (Å²) in [6.45, 7) is 4.31. The molecule has 6 nitrogen and oxygen atoms in total. The molecule has 2 aromatic carbocycles. The number of ether oxygens (including phenoxy) is 1. The Morgan fingerprint density at radius 3 is 2.64 bits per heavy atom. The highest BCUT2D eigenvalue weighted by Crippen LogP contribution is 2.25. The van der Waals surface area contributed by atoms with Crippen molar-refractivity contribution in [3.05, 3.63) is 47.5 Å². The zero-order valence-electron chi connectivity index (χ0n) is 14.5. The lowest BCUT2D eigenvalue weighted by molar-refractivity contribution is 0.315. The van der Waals surface area contributed by atoms with Gasteiger partial charge in [-0.3, -0.25) is 4.99 Å². The van der Waals surface area contributed by atoms with Crippen LogP contribution in [0.2, 0.25) is 0 Å². The first kappa shape index (κ1) is 19.0. The zero-order chi connectivity index (χ0) is 18.4. The molecule has 0 atom stereocenters. The highest BCUT2D eigenvalue weighted by Gasteiger charge is 2.14. The van der Waals surface area contributed by atoms with Gasteiger partial charge in [-0.25, -0.2) is 13.1 Å². The quantitative estimate of drug-likeness (QED) is 0.741. The van der Waals surface area contributed by atoms with Crippen LogP contribution in [0.3, 0.4) is 0 Å². The summed E-state index contributed by atoms with van der Waals surface area (Å²) in [5.41, 5.74) is 1.63. The Balaban J connectivity index is 2.26. The molecule has 134 valence electrons. The van der Waals surface area contributed by atoms with Crippen molar-refractivity contribution < 1.29 is 18.3 Å². The van der Waals surface area contributed by atoms with Gasteiger partial charge in [-0.15, -0.1) is 0 Å². The van der Waals surface area contributed by atoms with Crippen LogP contribution in [0.1, 0.15) is 24.5 Å². The number of aryl methyl sites for hydroxylation is 1. The first-order chi connectivity index (χ1) is 11.9. The van der Waals surface area contributed by atoms with Crippen molar-refractivity contribution in [2.24, 2.45) is 4.99 Å². The van der Waals surface area contributed by atoms with Crippen LogP contribution in [0.5, 0.6) is 11.5 Å². The molecule has 0 saturated carbocycles. The minimum atomic E-state index is -3.55. The van der Waals surface area contributed by atoms with Gasteiger partial charge in [0.25, 0.3) is 0 Å². The smallest absolute Gasteiger partial charge is 0.240 e. The SMILES string of the molecule is CCCOc1ccc(C=Nc2ccc(C)c(S(=O)(=O)NC)c2)c(O)c1. The van der Waals surface area contributed by atoms with Crippen molar-refractivity contribution >= 4 is 21.9 Å². The molecule has 0 saturated heterocycles. The van der Waals surface area contributed by atoms with Crippen LogP contribution in [0.25, 0.3) is 0 Å². The Morgan fingerprint density at radius 1 is 1.24 bits per heavy atom. The number of sulfonamides is 1. The van der Waals surface area contributed by atoms with E-state index in [1.165, 1.54) is 25.4 Å². The molecule has 0 heterocycles. The molecule has 0 spiro atoms. The van der Waals surface area contributed by atoms with Crippen LogP contribution in [0.4, 0.5) is 5.69 Å². The number of aromatic hydroxyl groups is 1. The average Bonchev–Trinajstić information content (AvgIpc) is 2.60. The third-order valence-electron chi connectivity index (χ3n) is 3.56. The molecule has 2 aromatic rings. The Bertz CT molecular complexity index is 877. The van der Waals surface area contributed by atoms with E-state index in [0.717, 1.165) is 6.42 Å². The lowest BCUT2D eigenvalue weighted by Gasteiger charge is -2.07. The average molecular weight is 362 g/mol. The van der Waals surface area contributed by atoms with E-state index in [1.807, 2.05) is 6.92 Å². The largest absolute Gasteiger partial charge is 0.507 e. The summed E-state index contributed by atoms with van der Waals surface area (Å²) in [6, 6.07) is 9.89. The second-order valence-corrected chi connectivity index (χ2v) is 7.34. The third-order valence-corrected chi connectivity index (χ3v) is 5.11. The second kappa shape index (κ2) is 8.13. The normalized spacial score (nSPS) is 11.8. The van der Waals surface area contributed by atoms with E-state index in [2.05, 4.69) is 9.71 Å². The van der Waals surface area contributed by atoms with Gasteiger partial charge in [0.1, 0.15) is 11.5 Å². The van der Waals surface area contributed by atoms with Crippen LogP contribution < -0.4 is 9.46 Å². The molecule has 0 amide bonds. The highest BCUT2D eigenvalue weighted by molar-refractivity contribution is 7.89. The Labute approximate surface area is 148 Å². The van der Waals surface area contributed by atoms with Crippen LogP contribution in [0.15, 0.2) is 46.3 Å². The van der Waals surface area contributed by atoms with Crippen molar-refractivity contribution in [1.82, 2.24) is 4.72 Å². The maximum atomic E-state index is 12.0.